The number of hydrogen-bond acceptors (Lipinski definition) is 4. The summed E-state index contributed by atoms with van der Waals surface area (Å²) in [6.07, 6.45) is 0. The van der Waals surface area contributed by atoms with Crippen LogP contribution in [0, 0.1) is 0 Å². The van der Waals surface area contributed by atoms with Crippen LogP contribution in [-0.4, -0.2) is 53.8 Å². The van der Waals surface area contributed by atoms with Crippen LogP contribution >= 0.6 is 15.9 Å². The van der Waals surface area contributed by atoms with Gasteiger partial charge >= 0.3 is 0 Å². The van der Waals surface area contributed by atoms with Gasteiger partial charge in [-0.05, 0) is 43.3 Å². The second kappa shape index (κ2) is 9.14. The fourth-order valence-electron chi connectivity index (χ4n) is 3.59. The minimum absolute atomic E-state index is 0.137. The summed E-state index contributed by atoms with van der Waals surface area (Å²) in [5.41, 5.74) is 2.64. The number of likely N-dealkylation sites (tertiary alicyclic amines) is 1. The molecule has 1 N–H and O–H groups in total. The van der Waals surface area contributed by atoms with Crippen LogP contribution < -0.4 is 0 Å². The van der Waals surface area contributed by atoms with E-state index in [-0.39, 0.29) is 11.3 Å². The Morgan fingerprint density at radius 3 is 2.20 bits per heavy atom. The first-order valence-electron chi connectivity index (χ1n) is 9.99. The molecule has 0 bridgehead atoms. The summed E-state index contributed by atoms with van der Waals surface area (Å²) in [6, 6.07) is 14.4. The van der Waals surface area contributed by atoms with Crippen LogP contribution in [0.15, 0.2) is 58.6 Å². The van der Waals surface area contributed by atoms with Crippen LogP contribution in [-0.2, 0) is 9.59 Å². The molecule has 2 aromatic carbocycles. The van der Waals surface area contributed by atoms with Gasteiger partial charge < -0.3 is 14.9 Å². The van der Waals surface area contributed by atoms with Crippen LogP contribution in [0.5, 0.6) is 0 Å². The van der Waals surface area contributed by atoms with E-state index in [9.17, 15) is 14.7 Å². The Morgan fingerprint density at radius 1 is 1.07 bits per heavy atom. The van der Waals surface area contributed by atoms with E-state index < -0.39 is 17.7 Å². The zero-order valence-electron chi connectivity index (χ0n) is 17.7. The average Bonchev–Trinajstić information content (AvgIpc) is 2.97. The normalized spacial score (nSPS) is 18.6. The summed E-state index contributed by atoms with van der Waals surface area (Å²) in [6.45, 7) is 5.24. The number of halogens is 1. The molecular weight excluding hydrogens is 444 g/mol. The minimum Gasteiger partial charge on any atom is -0.507 e. The summed E-state index contributed by atoms with van der Waals surface area (Å²) in [4.78, 5) is 29.4. The molecule has 0 spiro atoms. The molecule has 0 aromatic heterocycles. The number of ketones is 1. The van der Waals surface area contributed by atoms with Gasteiger partial charge in [0.2, 0.25) is 0 Å². The molecule has 1 aliphatic heterocycles. The molecule has 1 aliphatic rings. The van der Waals surface area contributed by atoms with E-state index in [1.807, 2.05) is 43.3 Å². The number of nitrogens with zero attached hydrogens (tertiary/aromatic N) is 2. The lowest BCUT2D eigenvalue weighted by molar-refractivity contribution is -0.140. The van der Waals surface area contributed by atoms with Gasteiger partial charge in [0, 0.05) is 23.1 Å². The molecule has 0 radical (unpaired) electrons. The number of likely N-dealkylation sites (N-methyl/N-ethyl adjacent to an activating group) is 1. The molecule has 0 saturated carbocycles. The first-order valence-corrected chi connectivity index (χ1v) is 10.8. The summed E-state index contributed by atoms with van der Waals surface area (Å²) in [5, 5.41) is 11.0. The Hall–Kier alpha value is -2.44. The Balaban J connectivity index is 2.12. The van der Waals surface area contributed by atoms with Crippen molar-refractivity contribution >= 4 is 33.4 Å². The molecule has 158 valence electrons. The highest BCUT2D eigenvalue weighted by Crippen LogP contribution is 2.39. The highest BCUT2D eigenvalue weighted by Gasteiger charge is 2.45. The van der Waals surface area contributed by atoms with E-state index in [0.29, 0.717) is 24.6 Å². The second-order valence-electron chi connectivity index (χ2n) is 8.12. The zero-order chi connectivity index (χ0) is 22.0. The highest BCUT2D eigenvalue weighted by atomic mass is 79.9. The molecule has 5 nitrogen and oxygen atoms in total. The Bertz CT molecular complexity index is 963. The topological polar surface area (TPSA) is 60.9 Å². The third kappa shape index (κ3) is 4.50. The molecule has 6 heteroatoms. The number of carbonyl (C=O) groups is 2. The largest absolute Gasteiger partial charge is 0.507 e. The molecule has 1 unspecified atom stereocenters. The Kier molecular flexibility index (Phi) is 6.78. The van der Waals surface area contributed by atoms with Crippen molar-refractivity contribution in [3.63, 3.8) is 0 Å². The van der Waals surface area contributed by atoms with Crippen molar-refractivity contribution in [3.05, 3.63) is 75.3 Å². The predicted molar refractivity (Wildman–Crippen MR) is 122 cm³/mol. The van der Waals surface area contributed by atoms with Crippen molar-refractivity contribution in [2.24, 2.45) is 0 Å². The zero-order valence-corrected chi connectivity index (χ0v) is 19.3. The highest BCUT2D eigenvalue weighted by molar-refractivity contribution is 9.10. The molecule has 1 saturated heterocycles. The number of aliphatic hydroxyl groups excluding tert-OH is 1. The maximum atomic E-state index is 13.0. The molecule has 1 atom stereocenters. The van der Waals surface area contributed by atoms with E-state index in [2.05, 4.69) is 29.8 Å². The average molecular weight is 471 g/mol. The third-order valence-electron chi connectivity index (χ3n) is 5.36. The predicted octanol–water partition coefficient (Wildman–Crippen LogP) is 4.56. The lowest BCUT2D eigenvalue weighted by Crippen LogP contribution is -2.35. The lowest BCUT2D eigenvalue weighted by Gasteiger charge is -2.27. The number of hydrogen-bond donors (Lipinski definition) is 1. The van der Waals surface area contributed by atoms with Gasteiger partial charge in [0.25, 0.3) is 11.7 Å². The lowest BCUT2D eigenvalue weighted by atomic mass is 9.93. The summed E-state index contributed by atoms with van der Waals surface area (Å²) in [5.74, 6) is -0.992. The van der Waals surface area contributed by atoms with E-state index in [4.69, 9.17) is 0 Å². The number of amides is 1. The van der Waals surface area contributed by atoms with E-state index in [0.717, 1.165) is 10.0 Å². The first-order chi connectivity index (χ1) is 14.2. The van der Waals surface area contributed by atoms with Crippen molar-refractivity contribution in [2.75, 3.05) is 27.2 Å². The number of rotatable bonds is 6. The van der Waals surface area contributed by atoms with Gasteiger partial charge in [-0.15, -0.1) is 0 Å². The van der Waals surface area contributed by atoms with Crippen molar-refractivity contribution in [2.45, 2.75) is 25.8 Å². The van der Waals surface area contributed by atoms with Gasteiger partial charge in [0.1, 0.15) is 5.76 Å². The third-order valence-corrected chi connectivity index (χ3v) is 5.89. The van der Waals surface area contributed by atoms with Crippen LogP contribution in [0.3, 0.4) is 0 Å². The molecule has 1 amide bonds. The van der Waals surface area contributed by atoms with E-state index in [1.165, 1.54) is 5.56 Å². The van der Waals surface area contributed by atoms with Crippen LogP contribution in [0.1, 0.15) is 42.5 Å². The number of aliphatic hydroxyl groups is 1. The number of carbonyl (C=O) groups excluding carboxylic acids is 2. The van der Waals surface area contributed by atoms with E-state index >= 15 is 0 Å². The van der Waals surface area contributed by atoms with Gasteiger partial charge in [0.05, 0.1) is 11.6 Å². The standard InChI is InChI=1S/C24H27BrN2O3/c1-15(2)16-5-7-17(8-6-16)21-20(22(28)18-9-11-19(25)12-10-18)23(29)24(30)27(21)14-13-26(3)4/h5-12,15,21,28H,13-14H2,1-4H3/b22-20-. The number of Topliss-reactive ketones (excluding diaryl/α,β-unsaturated/α-hetero) is 1. The smallest absolute Gasteiger partial charge is 0.295 e. The van der Waals surface area contributed by atoms with Crippen molar-refractivity contribution < 1.29 is 14.7 Å². The minimum atomic E-state index is -0.646. The monoisotopic (exact) mass is 470 g/mol. The molecular formula is C24H27BrN2O3. The molecule has 30 heavy (non-hydrogen) atoms. The van der Waals surface area contributed by atoms with Gasteiger partial charge in [-0.2, -0.15) is 0 Å². The Labute approximate surface area is 186 Å². The SMILES string of the molecule is CC(C)c1ccc(C2/C(=C(/O)c3ccc(Br)cc3)C(=O)C(=O)N2CCN(C)C)cc1. The molecule has 1 fully saturated rings. The van der Waals surface area contributed by atoms with E-state index in [1.54, 1.807) is 29.2 Å². The maximum absolute atomic E-state index is 13.0. The van der Waals surface area contributed by atoms with Gasteiger partial charge in [-0.25, -0.2) is 0 Å². The van der Waals surface area contributed by atoms with Gasteiger partial charge in [-0.3, -0.25) is 9.59 Å². The molecule has 0 aliphatic carbocycles. The van der Waals surface area contributed by atoms with Crippen LogP contribution in [0.2, 0.25) is 0 Å². The molecule has 1 heterocycles. The fourth-order valence-corrected chi connectivity index (χ4v) is 3.86. The van der Waals surface area contributed by atoms with Crippen LogP contribution in [0.25, 0.3) is 5.76 Å². The first kappa shape index (κ1) is 22.2. The van der Waals surface area contributed by atoms with Crippen molar-refractivity contribution in [3.8, 4) is 0 Å². The fraction of sp³-hybridized carbons (Fsp3) is 0.333. The quantitative estimate of drug-likeness (QED) is 0.382. The summed E-state index contributed by atoms with van der Waals surface area (Å²) in [7, 11) is 3.84. The maximum Gasteiger partial charge on any atom is 0.295 e. The summed E-state index contributed by atoms with van der Waals surface area (Å²) < 4.78 is 0.867. The molecule has 3 rings (SSSR count). The second-order valence-corrected chi connectivity index (χ2v) is 9.04. The Morgan fingerprint density at radius 2 is 1.67 bits per heavy atom. The number of benzene rings is 2. The summed E-state index contributed by atoms with van der Waals surface area (Å²) >= 11 is 3.38. The van der Waals surface area contributed by atoms with Crippen molar-refractivity contribution in [1.29, 1.82) is 0 Å². The van der Waals surface area contributed by atoms with Gasteiger partial charge in [0.15, 0.2) is 0 Å². The van der Waals surface area contributed by atoms with Crippen LogP contribution in [0.4, 0.5) is 0 Å². The molecule has 2 aromatic rings. The van der Waals surface area contributed by atoms with Crippen molar-refractivity contribution in [1.82, 2.24) is 9.80 Å². The van der Waals surface area contributed by atoms with Gasteiger partial charge in [-0.1, -0.05) is 66.2 Å².